The summed E-state index contributed by atoms with van der Waals surface area (Å²) in [5, 5.41) is 0. The summed E-state index contributed by atoms with van der Waals surface area (Å²) in [5.41, 5.74) is 0.392. The topological polar surface area (TPSA) is 63.2 Å². The van der Waals surface area contributed by atoms with Crippen LogP contribution in [-0.2, 0) is 14.8 Å². The summed E-state index contributed by atoms with van der Waals surface area (Å²) >= 11 is 0. The third kappa shape index (κ3) is 3.52. The lowest BCUT2D eigenvalue weighted by Crippen LogP contribution is -2.30. The number of hydrogen-bond donors (Lipinski definition) is 1. The average Bonchev–Trinajstić information content (AvgIpc) is 2.21. The molecule has 0 atom stereocenters. The van der Waals surface area contributed by atoms with Gasteiger partial charge in [0.15, 0.2) is 0 Å². The van der Waals surface area contributed by atoms with E-state index in [0.717, 1.165) is 6.07 Å². The van der Waals surface area contributed by atoms with Gasteiger partial charge in [0.25, 0.3) is 10.0 Å². The maximum Gasteiger partial charge on any atom is 0.264 e. The van der Waals surface area contributed by atoms with Gasteiger partial charge in [-0.3, -0.25) is 4.79 Å². The molecule has 4 nitrogen and oxygen atoms in total. The van der Waals surface area contributed by atoms with Gasteiger partial charge >= 0.3 is 0 Å². The fourth-order valence-corrected chi connectivity index (χ4v) is 2.62. The number of rotatable bonds is 4. The molecule has 6 heteroatoms. The van der Waals surface area contributed by atoms with Crippen LogP contribution in [0.2, 0.25) is 0 Å². The number of benzene rings is 1. The molecule has 1 N–H and O–H groups in total. The van der Waals surface area contributed by atoms with Gasteiger partial charge < -0.3 is 0 Å². The molecule has 0 heterocycles. The van der Waals surface area contributed by atoms with E-state index < -0.39 is 21.7 Å². The van der Waals surface area contributed by atoms with Crippen LogP contribution in [0, 0.1) is 12.7 Å². The fourth-order valence-electron chi connectivity index (χ4n) is 1.35. The van der Waals surface area contributed by atoms with Gasteiger partial charge in [-0.05, 0) is 31.0 Å². The van der Waals surface area contributed by atoms with Crippen LogP contribution in [0.15, 0.2) is 23.1 Å². The SMILES string of the molecule is CCCC(=O)NS(=O)(=O)c1cc(F)ccc1C. The number of aryl methyl sites for hydroxylation is 1. The van der Waals surface area contributed by atoms with Crippen molar-refractivity contribution in [1.29, 1.82) is 0 Å². The van der Waals surface area contributed by atoms with E-state index in [4.69, 9.17) is 0 Å². The highest BCUT2D eigenvalue weighted by molar-refractivity contribution is 7.90. The van der Waals surface area contributed by atoms with E-state index in [1.807, 2.05) is 4.72 Å². The fraction of sp³-hybridized carbons (Fsp3) is 0.364. The first kappa shape index (κ1) is 13.6. The van der Waals surface area contributed by atoms with Crippen molar-refractivity contribution >= 4 is 15.9 Å². The van der Waals surface area contributed by atoms with Crippen LogP contribution < -0.4 is 4.72 Å². The van der Waals surface area contributed by atoms with Gasteiger partial charge in [-0.2, -0.15) is 0 Å². The van der Waals surface area contributed by atoms with Crippen LogP contribution in [-0.4, -0.2) is 14.3 Å². The molecule has 0 aliphatic heterocycles. The van der Waals surface area contributed by atoms with E-state index in [9.17, 15) is 17.6 Å². The molecule has 1 amide bonds. The van der Waals surface area contributed by atoms with E-state index in [1.165, 1.54) is 19.1 Å². The van der Waals surface area contributed by atoms with E-state index >= 15 is 0 Å². The van der Waals surface area contributed by atoms with Crippen LogP contribution in [0.1, 0.15) is 25.3 Å². The minimum atomic E-state index is -3.97. The lowest BCUT2D eigenvalue weighted by Gasteiger charge is -2.08. The van der Waals surface area contributed by atoms with Gasteiger partial charge in [-0.1, -0.05) is 13.0 Å². The van der Waals surface area contributed by atoms with Crippen LogP contribution in [0.3, 0.4) is 0 Å². The van der Waals surface area contributed by atoms with Gasteiger partial charge in [-0.25, -0.2) is 17.5 Å². The molecule has 1 aromatic carbocycles. The number of hydrogen-bond acceptors (Lipinski definition) is 3. The Balaban J connectivity index is 3.05. The molecule has 1 aromatic rings. The first-order valence-corrected chi connectivity index (χ1v) is 6.67. The van der Waals surface area contributed by atoms with Crippen LogP contribution in [0.5, 0.6) is 0 Å². The van der Waals surface area contributed by atoms with Crippen molar-refractivity contribution in [3.05, 3.63) is 29.6 Å². The van der Waals surface area contributed by atoms with E-state index in [0.29, 0.717) is 12.0 Å². The maximum atomic E-state index is 13.0. The second-order valence-corrected chi connectivity index (χ2v) is 5.34. The zero-order valence-electron chi connectivity index (χ0n) is 9.66. The normalized spacial score (nSPS) is 11.2. The molecule has 0 aromatic heterocycles. The predicted octanol–water partition coefficient (Wildman–Crippen LogP) is 1.74. The summed E-state index contributed by atoms with van der Waals surface area (Å²) in [6.45, 7) is 3.30. The van der Waals surface area contributed by atoms with Crippen molar-refractivity contribution in [1.82, 2.24) is 4.72 Å². The highest BCUT2D eigenvalue weighted by Crippen LogP contribution is 2.16. The minimum Gasteiger partial charge on any atom is -0.274 e. The van der Waals surface area contributed by atoms with E-state index in [-0.39, 0.29) is 11.3 Å². The second-order valence-electron chi connectivity index (χ2n) is 3.69. The summed E-state index contributed by atoms with van der Waals surface area (Å²) in [4.78, 5) is 11.0. The second kappa shape index (κ2) is 5.27. The third-order valence-corrected chi connectivity index (χ3v) is 3.68. The molecule has 0 fully saturated rings. The van der Waals surface area contributed by atoms with Gasteiger partial charge in [-0.15, -0.1) is 0 Å². The maximum absolute atomic E-state index is 13.0. The Morgan fingerprint density at radius 1 is 1.41 bits per heavy atom. The molecule has 0 bridgehead atoms. The minimum absolute atomic E-state index is 0.119. The molecule has 0 radical (unpaired) electrons. The van der Waals surface area contributed by atoms with Crippen LogP contribution in [0.4, 0.5) is 4.39 Å². The number of amides is 1. The molecule has 0 saturated heterocycles. The molecule has 1 rings (SSSR count). The summed E-state index contributed by atoms with van der Waals surface area (Å²) in [5.74, 6) is -1.24. The van der Waals surface area contributed by atoms with Crippen molar-refractivity contribution in [2.24, 2.45) is 0 Å². The zero-order chi connectivity index (χ0) is 13.1. The Morgan fingerprint density at radius 3 is 2.65 bits per heavy atom. The number of carbonyl (C=O) groups excluding carboxylic acids is 1. The smallest absolute Gasteiger partial charge is 0.264 e. The number of carbonyl (C=O) groups is 1. The largest absolute Gasteiger partial charge is 0.274 e. The van der Waals surface area contributed by atoms with Crippen molar-refractivity contribution in [2.75, 3.05) is 0 Å². The Morgan fingerprint density at radius 2 is 2.06 bits per heavy atom. The molecule has 17 heavy (non-hydrogen) atoms. The Labute approximate surface area is 99.9 Å². The van der Waals surface area contributed by atoms with Gasteiger partial charge in [0.05, 0.1) is 4.90 Å². The zero-order valence-corrected chi connectivity index (χ0v) is 10.5. The quantitative estimate of drug-likeness (QED) is 0.895. The molecule has 0 saturated carbocycles. The van der Waals surface area contributed by atoms with Crippen molar-refractivity contribution in [3.8, 4) is 0 Å². The van der Waals surface area contributed by atoms with Gasteiger partial charge in [0.1, 0.15) is 5.82 Å². The lowest BCUT2D eigenvalue weighted by atomic mass is 10.2. The molecular formula is C11H14FNO3S. The predicted molar refractivity (Wildman–Crippen MR) is 61.4 cm³/mol. The monoisotopic (exact) mass is 259 g/mol. The highest BCUT2D eigenvalue weighted by Gasteiger charge is 2.19. The summed E-state index contributed by atoms with van der Waals surface area (Å²) in [6, 6.07) is 3.42. The number of halogens is 1. The molecule has 0 unspecified atom stereocenters. The Bertz CT molecular complexity index is 526. The Hall–Kier alpha value is -1.43. The third-order valence-electron chi connectivity index (χ3n) is 2.16. The average molecular weight is 259 g/mol. The summed E-state index contributed by atoms with van der Waals surface area (Å²) in [6.07, 6.45) is 0.664. The summed E-state index contributed by atoms with van der Waals surface area (Å²) in [7, 11) is -3.97. The Kier molecular flexibility index (Phi) is 4.22. The summed E-state index contributed by atoms with van der Waals surface area (Å²) < 4.78 is 38.5. The lowest BCUT2D eigenvalue weighted by molar-refractivity contribution is -0.119. The standard InChI is InChI=1S/C11H14FNO3S/c1-3-4-11(14)13-17(15,16)10-7-9(12)6-5-8(10)2/h5-7H,3-4H2,1-2H3,(H,13,14). The van der Waals surface area contributed by atoms with Crippen molar-refractivity contribution in [2.45, 2.75) is 31.6 Å². The molecule has 0 aliphatic carbocycles. The number of sulfonamides is 1. The van der Waals surface area contributed by atoms with Gasteiger partial charge in [0, 0.05) is 6.42 Å². The molecule has 94 valence electrons. The van der Waals surface area contributed by atoms with Crippen molar-refractivity contribution < 1.29 is 17.6 Å². The van der Waals surface area contributed by atoms with Crippen LogP contribution in [0.25, 0.3) is 0 Å². The van der Waals surface area contributed by atoms with E-state index in [1.54, 1.807) is 6.92 Å². The molecular weight excluding hydrogens is 245 g/mol. The highest BCUT2D eigenvalue weighted by atomic mass is 32.2. The number of nitrogens with one attached hydrogen (secondary N) is 1. The van der Waals surface area contributed by atoms with E-state index in [2.05, 4.69) is 0 Å². The van der Waals surface area contributed by atoms with Crippen LogP contribution >= 0.6 is 0 Å². The molecule has 0 aliphatic rings. The molecule has 0 spiro atoms. The van der Waals surface area contributed by atoms with Crippen molar-refractivity contribution in [3.63, 3.8) is 0 Å². The van der Waals surface area contributed by atoms with Gasteiger partial charge in [0.2, 0.25) is 5.91 Å². The first-order valence-electron chi connectivity index (χ1n) is 5.18. The first-order chi connectivity index (χ1) is 7.86.